The minimum absolute atomic E-state index is 0.142. The molecule has 0 saturated heterocycles. The van der Waals surface area contributed by atoms with Crippen LogP contribution in [0.25, 0.3) is 16.7 Å². The van der Waals surface area contributed by atoms with E-state index in [1.54, 1.807) is 23.0 Å². The fourth-order valence-electron chi connectivity index (χ4n) is 3.58. The zero-order chi connectivity index (χ0) is 24.2. The summed E-state index contributed by atoms with van der Waals surface area (Å²) in [5.74, 6) is 0.341. The molecule has 1 aromatic heterocycles. The van der Waals surface area contributed by atoms with Gasteiger partial charge in [0.2, 0.25) is 0 Å². The van der Waals surface area contributed by atoms with Crippen LogP contribution in [0, 0.1) is 6.92 Å². The van der Waals surface area contributed by atoms with Crippen molar-refractivity contribution >= 4 is 40.0 Å². The monoisotopic (exact) mass is 475 g/mol. The van der Waals surface area contributed by atoms with E-state index in [0.29, 0.717) is 17.0 Å². The Balaban J connectivity index is 1.54. The number of ether oxygens (including phenoxy) is 2. The molecule has 3 aromatic carbocycles. The van der Waals surface area contributed by atoms with E-state index in [9.17, 15) is 4.79 Å². The van der Waals surface area contributed by atoms with Gasteiger partial charge in [-0.15, -0.1) is 10.2 Å². The van der Waals surface area contributed by atoms with Crippen LogP contribution >= 0.6 is 12.2 Å². The van der Waals surface area contributed by atoms with Gasteiger partial charge in [0.1, 0.15) is 28.1 Å². The number of carbonyl (C=O) groups is 1. The average molecular weight is 476 g/mol. The van der Waals surface area contributed by atoms with Crippen molar-refractivity contribution in [1.82, 2.24) is 20.3 Å². The molecule has 9 heteroatoms. The second-order valence-corrected chi connectivity index (χ2v) is 8.02. The Morgan fingerprint density at radius 2 is 1.62 bits per heavy atom. The van der Waals surface area contributed by atoms with E-state index in [1.165, 1.54) is 19.8 Å². The fourth-order valence-corrected chi connectivity index (χ4v) is 3.78. The molecular weight excluding hydrogens is 450 g/mol. The Labute approximate surface area is 202 Å². The number of anilines is 1. The van der Waals surface area contributed by atoms with Crippen molar-refractivity contribution in [3.63, 3.8) is 0 Å². The summed E-state index contributed by atoms with van der Waals surface area (Å²) >= 11 is 5.39. The van der Waals surface area contributed by atoms with Crippen LogP contribution in [0.1, 0.15) is 28.4 Å². The normalized spacial score (nSPS) is 10.7. The van der Waals surface area contributed by atoms with Crippen LogP contribution < -0.4 is 20.1 Å². The molecule has 34 heavy (non-hydrogen) atoms. The standard InChI is InChI=1S/C25H25N5O3S/c1-5-16-9-11-17(12-10-16)30-28-19-13-15(2)18(14-20(19)29-30)26-25(34)27-24(31)23-21(32-3)7-6-8-22(23)33-4/h6-14H,5H2,1-4H3,(H2,26,27,31,34). The molecule has 0 unspecified atom stereocenters. The van der Waals surface area contributed by atoms with Crippen LogP contribution in [0.4, 0.5) is 5.69 Å². The third-order valence-electron chi connectivity index (χ3n) is 5.43. The number of nitrogens with zero attached hydrogens (tertiary/aromatic N) is 3. The first kappa shape index (κ1) is 23.2. The lowest BCUT2D eigenvalue weighted by molar-refractivity contribution is 0.0971. The Morgan fingerprint density at radius 1 is 1.00 bits per heavy atom. The van der Waals surface area contributed by atoms with Crippen molar-refractivity contribution in [2.75, 3.05) is 19.5 Å². The maximum Gasteiger partial charge on any atom is 0.264 e. The highest BCUT2D eigenvalue weighted by Gasteiger charge is 2.19. The number of nitrogens with one attached hydrogen (secondary N) is 2. The van der Waals surface area contributed by atoms with Crippen LogP contribution in [0.3, 0.4) is 0 Å². The molecule has 0 spiro atoms. The smallest absolute Gasteiger partial charge is 0.264 e. The van der Waals surface area contributed by atoms with Gasteiger partial charge in [0.05, 0.1) is 19.9 Å². The summed E-state index contributed by atoms with van der Waals surface area (Å²) < 4.78 is 10.6. The Bertz CT molecular complexity index is 1340. The number of hydrogen-bond donors (Lipinski definition) is 2. The van der Waals surface area contributed by atoms with E-state index in [4.69, 9.17) is 21.7 Å². The van der Waals surface area contributed by atoms with Crippen LogP contribution in [-0.2, 0) is 6.42 Å². The molecule has 0 fully saturated rings. The number of carbonyl (C=O) groups excluding carboxylic acids is 1. The number of hydrogen-bond acceptors (Lipinski definition) is 6. The predicted octanol–water partition coefficient (Wildman–Crippen LogP) is 4.44. The lowest BCUT2D eigenvalue weighted by atomic mass is 10.1. The van der Waals surface area contributed by atoms with E-state index < -0.39 is 5.91 Å². The quantitative estimate of drug-likeness (QED) is 0.399. The highest BCUT2D eigenvalue weighted by molar-refractivity contribution is 7.80. The third kappa shape index (κ3) is 4.69. The van der Waals surface area contributed by atoms with Crippen molar-refractivity contribution in [2.24, 2.45) is 0 Å². The average Bonchev–Trinajstić information content (AvgIpc) is 3.26. The SMILES string of the molecule is CCc1ccc(-n2nc3cc(C)c(NC(=S)NC(=O)c4c(OC)cccc4OC)cc3n2)cc1. The molecule has 8 nitrogen and oxygen atoms in total. The van der Waals surface area contributed by atoms with Crippen molar-refractivity contribution in [3.8, 4) is 17.2 Å². The molecular formula is C25H25N5O3S. The van der Waals surface area contributed by atoms with Crippen molar-refractivity contribution < 1.29 is 14.3 Å². The number of aromatic nitrogens is 3. The van der Waals surface area contributed by atoms with Crippen LogP contribution in [-0.4, -0.2) is 40.2 Å². The Hall–Kier alpha value is -3.98. The Morgan fingerprint density at radius 3 is 2.21 bits per heavy atom. The summed E-state index contributed by atoms with van der Waals surface area (Å²) in [7, 11) is 2.98. The number of rotatable bonds is 6. The second kappa shape index (κ2) is 9.88. The zero-order valence-corrected chi connectivity index (χ0v) is 20.2. The van der Waals surface area contributed by atoms with Crippen molar-refractivity contribution in [3.05, 3.63) is 71.3 Å². The van der Waals surface area contributed by atoms with Gasteiger partial charge in [-0.25, -0.2) is 0 Å². The molecule has 1 heterocycles. The molecule has 0 aliphatic carbocycles. The van der Waals surface area contributed by atoms with E-state index >= 15 is 0 Å². The summed E-state index contributed by atoms with van der Waals surface area (Å²) in [6.07, 6.45) is 0.975. The molecule has 4 aromatic rings. The molecule has 0 bridgehead atoms. The Kier molecular flexibility index (Phi) is 6.74. The maximum atomic E-state index is 12.9. The molecule has 0 saturated carbocycles. The molecule has 0 radical (unpaired) electrons. The first-order chi connectivity index (χ1) is 16.4. The number of amides is 1. The summed E-state index contributed by atoms with van der Waals surface area (Å²) in [6, 6.07) is 17.0. The van der Waals surface area contributed by atoms with Gasteiger partial charge in [-0.3, -0.25) is 10.1 Å². The number of thiocarbonyl (C=S) groups is 1. The summed E-state index contributed by atoms with van der Waals surface area (Å²) in [6.45, 7) is 4.05. The first-order valence-corrected chi connectivity index (χ1v) is 11.1. The summed E-state index contributed by atoms with van der Waals surface area (Å²) in [5, 5.41) is 15.1. The van der Waals surface area contributed by atoms with Gasteiger partial charge in [-0.1, -0.05) is 25.1 Å². The molecule has 1 amide bonds. The fraction of sp³-hybridized carbons (Fsp3) is 0.200. The second-order valence-electron chi connectivity index (χ2n) is 7.61. The summed E-state index contributed by atoms with van der Waals surface area (Å²) in [5.41, 5.74) is 5.49. The number of methoxy groups -OCH3 is 2. The van der Waals surface area contributed by atoms with E-state index in [-0.39, 0.29) is 10.7 Å². The van der Waals surface area contributed by atoms with E-state index in [0.717, 1.165) is 28.9 Å². The van der Waals surface area contributed by atoms with Crippen LogP contribution in [0.15, 0.2) is 54.6 Å². The highest BCUT2D eigenvalue weighted by atomic mass is 32.1. The number of aryl methyl sites for hydroxylation is 2. The van der Waals surface area contributed by atoms with Gasteiger partial charge in [0.15, 0.2) is 5.11 Å². The largest absolute Gasteiger partial charge is 0.496 e. The van der Waals surface area contributed by atoms with E-state index in [2.05, 4.69) is 39.9 Å². The maximum absolute atomic E-state index is 12.9. The topological polar surface area (TPSA) is 90.3 Å². The number of fused-ring (bicyclic) bond motifs is 1. The molecule has 0 aliphatic rings. The molecule has 174 valence electrons. The van der Waals surface area contributed by atoms with Gasteiger partial charge in [0.25, 0.3) is 5.91 Å². The number of benzene rings is 3. The van der Waals surface area contributed by atoms with Crippen LogP contribution in [0.5, 0.6) is 11.5 Å². The van der Waals surface area contributed by atoms with Gasteiger partial charge in [0, 0.05) is 5.69 Å². The lowest BCUT2D eigenvalue weighted by Crippen LogP contribution is -2.34. The predicted molar refractivity (Wildman–Crippen MR) is 136 cm³/mol. The minimum Gasteiger partial charge on any atom is -0.496 e. The third-order valence-corrected chi connectivity index (χ3v) is 5.64. The van der Waals surface area contributed by atoms with E-state index in [1.807, 2.05) is 31.2 Å². The molecule has 0 atom stereocenters. The van der Waals surface area contributed by atoms with Gasteiger partial charge >= 0.3 is 0 Å². The highest BCUT2D eigenvalue weighted by Crippen LogP contribution is 2.28. The van der Waals surface area contributed by atoms with Crippen molar-refractivity contribution in [1.29, 1.82) is 0 Å². The summed E-state index contributed by atoms with van der Waals surface area (Å²) in [4.78, 5) is 14.5. The van der Waals surface area contributed by atoms with Crippen molar-refractivity contribution in [2.45, 2.75) is 20.3 Å². The van der Waals surface area contributed by atoms with Gasteiger partial charge < -0.3 is 14.8 Å². The van der Waals surface area contributed by atoms with Gasteiger partial charge in [-0.2, -0.15) is 4.80 Å². The first-order valence-electron chi connectivity index (χ1n) is 10.7. The van der Waals surface area contributed by atoms with Gasteiger partial charge in [-0.05, 0) is 73.1 Å². The zero-order valence-electron chi connectivity index (χ0n) is 19.4. The molecule has 0 aliphatic heterocycles. The lowest BCUT2D eigenvalue weighted by Gasteiger charge is -2.15. The van der Waals surface area contributed by atoms with Crippen LogP contribution in [0.2, 0.25) is 0 Å². The molecule has 4 rings (SSSR count). The minimum atomic E-state index is -0.438. The molecule has 2 N–H and O–H groups in total.